The van der Waals surface area contributed by atoms with E-state index in [9.17, 15) is 9.59 Å². The fourth-order valence-electron chi connectivity index (χ4n) is 2.42. The number of imide groups is 1. The largest absolute Gasteiger partial charge is 0.326 e. The molecule has 1 fully saturated rings. The number of carbonyl (C=O) groups excluding carboxylic acids is 2. The van der Waals surface area contributed by atoms with E-state index in [4.69, 9.17) is 5.41 Å². The van der Waals surface area contributed by atoms with Crippen molar-refractivity contribution in [2.24, 2.45) is 11.3 Å². The lowest BCUT2D eigenvalue weighted by Gasteiger charge is -2.39. The van der Waals surface area contributed by atoms with Crippen LogP contribution in [0.1, 0.15) is 40.0 Å². The number of amidine groups is 1. The van der Waals surface area contributed by atoms with Crippen LogP contribution in [0.2, 0.25) is 0 Å². The Morgan fingerprint density at radius 2 is 1.94 bits per heavy atom. The van der Waals surface area contributed by atoms with E-state index in [1.165, 1.54) is 0 Å². The van der Waals surface area contributed by atoms with Crippen molar-refractivity contribution in [1.82, 2.24) is 10.6 Å². The van der Waals surface area contributed by atoms with E-state index < -0.39 is 11.4 Å². The predicted molar refractivity (Wildman–Crippen MR) is 61.2 cm³/mol. The first-order chi connectivity index (χ1) is 7.48. The minimum atomic E-state index is -0.871. The summed E-state index contributed by atoms with van der Waals surface area (Å²) in [7, 11) is 0. The van der Waals surface area contributed by atoms with Crippen molar-refractivity contribution in [3.05, 3.63) is 0 Å². The van der Waals surface area contributed by atoms with Gasteiger partial charge in [0.15, 0.2) is 0 Å². The number of hydrogen-bond acceptors (Lipinski definition) is 3. The van der Waals surface area contributed by atoms with Crippen molar-refractivity contribution in [3.8, 4) is 0 Å². The lowest BCUT2D eigenvalue weighted by atomic mass is 9.69. The highest BCUT2D eigenvalue weighted by Gasteiger charge is 2.49. The van der Waals surface area contributed by atoms with Crippen LogP contribution in [0.5, 0.6) is 0 Å². The van der Waals surface area contributed by atoms with Crippen LogP contribution in [0, 0.1) is 16.7 Å². The lowest BCUT2D eigenvalue weighted by molar-refractivity contribution is -0.129. The van der Waals surface area contributed by atoms with Crippen LogP contribution in [-0.4, -0.2) is 17.8 Å². The number of nitrogens with one attached hydrogen (secondary N) is 3. The molecule has 0 saturated carbocycles. The third kappa shape index (κ3) is 1.81. The Bertz CT molecular complexity index is 305. The zero-order valence-electron chi connectivity index (χ0n) is 10.0. The van der Waals surface area contributed by atoms with Crippen molar-refractivity contribution in [2.75, 3.05) is 0 Å². The van der Waals surface area contributed by atoms with Gasteiger partial charge in [-0.3, -0.25) is 20.8 Å². The van der Waals surface area contributed by atoms with E-state index in [0.717, 1.165) is 12.8 Å². The van der Waals surface area contributed by atoms with Gasteiger partial charge in [0.1, 0.15) is 11.3 Å². The third-order valence-corrected chi connectivity index (χ3v) is 3.44. The highest BCUT2D eigenvalue weighted by Crippen LogP contribution is 2.36. The SMILES string of the molecule is CCC[C@H](C)[C@]1(CC)C(=N)NC(=O)NC1=O. The molecule has 0 aromatic rings. The van der Waals surface area contributed by atoms with E-state index in [-0.39, 0.29) is 17.7 Å². The average molecular weight is 225 g/mol. The molecule has 3 N–H and O–H groups in total. The van der Waals surface area contributed by atoms with Crippen LogP contribution >= 0.6 is 0 Å². The Morgan fingerprint density at radius 3 is 2.38 bits per heavy atom. The molecule has 16 heavy (non-hydrogen) atoms. The quantitative estimate of drug-likeness (QED) is 0.679. The maximum absolute atomic E-state index is 12.0. The second-order valence-corrected chi connectivity index (χ2v) is 4.30. The normalized spacial score (nSPS) is 27.3. The van der Waals surface area contributed by atoms with Crippen LogP contribution in [-0.2, 0) is 4.79 Å². The summed E-state index contributed by atoms with van der Waals surface area (Å²) in [6.45, 7) is 5.87. The van der Waals surface area contributed by atoms with Crippen LogP contribution in [0.3, 0.4) is 0 Å². The molecule has 1 saturated heterocycles. The molecule has 0 aliphatic carbocycles. The van der Waals surface area contributed by atoms with E-state index in [1.807, 2.05) is 20.8 Å². The van der Waals surface area contributed by atoms with Crippen LogP contribution in [0.15, 0.2) is 0 Å². The molecule has 3 amide bonds. The van der Waals surface area contributed by atoms with Crippen molar-refractivity contribution >= 4 is 17.8 Å². The summed E-state index contributed by atoms with van der Waals surface area (Å²) >= 11 is 0. The molecule has 0 aromatic carbocycles. The van der Waals surface area contributed by atoms with Gasteiger partial charge in [0.25, 0.3) is 0 Å². The molecule has 90 valence electrons. The summed E-state index contributed by atoms with van der Waals surface area (Å²) in [6, 6.07) is -0.595. The smallest absolute Gasteiger partial charge is 0.295 e. The molecule has 5 heteroatoms. The highest BCUT2D eigenvalue weighted by molar-refractivity contribution is 6.20. The second kappa shape index (κ2) is 4.63. The van der Waals surface area contributed by atoms with Gasteiger partial charge in [-0.1, -0.05) is 27.2 Å². The first-order valence-electron chi connectivity index (χ1n) is 5.70. The Labute approximate surface area is 95.5 Å². The third-order valence-electron chi connectivity index (χ3n) is 3.44. The summed E-state index contributed by atoms with van der Waals surface area (Å²) in [5.41, 5.74) is -0.871. The van der Waals surface area contributed by atoms with Gasteiger partial charge in [0.2, 0.25) is 5.91 Å². The minimum Gasteiger partial charge on any atom is -0.295 e. The van der Waals surface area contributed by atoms with Gasteiger partial charge in [-0.05, 0) is 18.8 Å². The fourth-order valence-corrected chi connectivity index (χ4v) is 2.42. The number of urea groups is 1. The molecular weight excluding hydrogens is 206 g/mol. The molecule has 0 aromatic heterocycles. The Hall–Kier alpha value is -1.39. The highest BCUT2D eigenvalue weighted by atomic mass is 16.2. The van der Waals surface area contributed by atoms with Crippen LogP contribution in [0.4, 0.5) is 4.79 Å². The summed E-state index contributed by atoms with van der Waals surface area (Å²) in [5, 5.41) is 12.5. The monoisotopic (exact) mass is 225 g/mol. The molecule has 1 aliphatic rings. The van der Waals surface area contributed by atoms with Crippen LogP contribution in [0.25, 0.3) is 0 Å². The van der Waals surface area contributed by atoms with Crippen molar-refractivity contribution < 1.29 is 9.59 Å². The lowest BCUT2D eigenvalue weighted by Crippen LogP contribution is -2.64. The predicted octanol–water partition coefficient (Wildman–Crippen LogP) is 1.64. The number of amides is 3. The summed E-state index contributed by atoms with van der Waals surface area (Å²) in [6.07, 6.45) is 2.34. The maximum atomic E-state index is 12.0. The minimum absolute atomic E-state index is 0.0321. The topological polar surface area (TPSA) is 82.1 Å². The Kier molecular flexibility index (Phi) is 3.67. The van der Waals surface area contributed by atoms with E-state index >= 15 is 0 Å². The van der Waals surface area contributed by atoms with Crippen LogP contribution < -0.4 is 10.6 Å². The Morgan fingerprint density at radius 1 is 1.31 bits per heavy atom. The molecule has 0 spiro atoms. The van der Waals surface area contributed by atoms with Gasteiger partial charge in [0.05, 0.1) is 0 Å². The summed E-state index contributed by atoms with van der Waals surface area (Å²) < 4.78 is 0. The van der Waals surface area contributed by atoms with Gasteiger partial charge in [-0.15, -0.1) is 0 Å². The first kappa shape index (κ1) is 12.7. The summed E-state index contributed by atoms with van der Waals surface area (Å²) in [4.78, 5) is 23.1. The Balaban J connectivity index is 3.05. The summed E-state index contributed by atoms with van der Waals surface area (Å²) in [5.74, 6) is -0.259. The molecular formula is C11H19N3O2. The maximum Gasteiger partial charge on any atom is 0.326 e. The molecule has 5 nitrogen and oxygen atoms in total. The van der Waals surface area contributed by atoms with Gasteiger partial charge in [-0.2, -0.15) is 0 Å². The van der Waals surface area contributed by atoms with Gasteiger partial charge in [-0.25, -0.2) is 4.79 Å². The molecule has 0 radical (unpaired) electrons. The molecule has 1 aliphatic heterocycles. The zero-order valence-corrected chi connectivity index (χ0v) is 10.0. The van der Waals surface area contributed by atoms with Crippen molar-refractivity contribution in [1.29, 1.82) is 5.41 Å². The standard InChI is InChI=1S/C11H19N3O2/c1-4-6-7(3)11(5-2)8(12)13-10(16)14-9(11)15/h7H,4-6H2,1-3H3,(H3,12,13,14,15,16)/t7-,11+/m0/s1. The van der Waals surface area contributed by atoms with E-state index in [0.29, 0.717) is 6.42 Å². The first-order valence-corrected chi connectivity index (χ1v) is 5.70. The second-order valence-electron chi connectivity index (χ2n) is 4.30. The molecule has 0 bridgehead atoms. The van der Waals surface area contributed by atoms with Crippen molar-refractivity contribution in [2.45, 2.75) is 40.0 Å². The average Bonchev–Trinajstić information content (AvgIpc) is 2.18. The molecule has 0 unspecified atom stereocenters. The van der Waals surface area contributed by atoms with Gasteiger partial charge >= 0.3 is 6.03 Å². The molecule has 1 rings (SSSR count). The molecule has 2 atom stereocenters. The van der Waals surface area contributed by atoms with E-state index in [1.54, 1.807) is 0 Å². The molecule has 1 heterocycles. The van der Waals surface area contributed by atoms with E-state index in [2.05, 4.69) is 10.6 Å². The number of carbonyl (C=O) groups is 2. The van der Waals surface area contributed by atoms with Gasteiger partial charge in [0, 0.05) is 0 Å². The van der Waals surface area contributed by atoms with Crippen molar-refractivity contribution in [3.63, 3.8) is 0 Å². The zero-order chi connectivity index (χ0) is 12.3. The van der Waals surface area contributed by atoms with Gasteiger partial charge < -0.3 is 0 Å². The number of hydrogen-bond donors (Lipinski definition) is 3. The number of rotatable bonds is 4. The fraction of sp³-hybridized carbons (Fsp3) is 0.727.